The zero-order valence-corrected chi connectivity index (χ0v) is 12.3. The number of ether oxygens (including phenoxy) is 1. The highest BCUT2D eigenvalue weighted by atomic mass is 16.7. The Kier molecular flexibility index (Phi) is 10.0. The predicted octanol–water partition coefficient (Wildman–Crippen LogP) is 2.98. The second-order valence-corrected chi connectivity index (χ2v) is 5.08. The van der Waals surface area contributed by atoms with E-state index in [9.17, 15) is 14.4 Å². The summed E-state index contributed by atoms with van der Waals surface area (Å²) < 4.78 is 4.68. The van der Waals surface area contributed by atoms with Gasteiger partial charge in [-0.15, -0.1) is 0 Å². The zero-order valence-electron chi connectivity index (χ0n) is 12.3. The average molecular weight is 304 g/mol. The van der Waals surface area contributed by atoms with Crippen molar-refractivity contribution in [3.05, 3.63) is 0 Å². The molecule has 0 aliphatic heterocycles. The first kappa shape index (κ1) is 19.2. The Labute approximate surface area is 123 Å². The molecule has 3 N–H and O–H groups in total. The van der Waals surface area contributed by atoms with Crippen molar-refractivity contribution in [2.24, 2.45) is 5.92 Å². The van der Waals surface area contributed by atoms with E-state index in [1.807, 2.05) is 0 Å². The van der Waals surface area contributed by atoms with E-state index in [0.29, 0.717) is 6.42 Å². The highest BCUT2D eigenvalue weighted by molar-refractivity contribution is 5.77. The SMILES string of the molecule is CCCCCCCC(CC(CC(=O)O)C(=O)O)OC(=O)O. The number of carbonyl (C=O) groups is 3. The first-order valence-corrected chi connectivity index (χ1v) is 7.21. The van der Waals surface area contributed by atoms with Gasteiger partial charge in [0, 0.05) is 0 Å². The molecular weight excluding hydrogens is 280 g/mol. The summed E-state index contributed by atoms with van der Waals surface area (Å²) >= 11 is 0. The molecule has 0 bridgehead atoms. The Morgan fingerprint density at radius 3 is 2.10 bits per heavy atom. The molecule has 0 aromatic carbocycles. The lowest BCUT2D eigenvalue weighted by Crippen LogP contribution is -2.26. The van der Waals surface area contributed by atoms with Crippen LogP contribution in [0.15, 0.2) is 0 Å². The smallest absolute Gasteiger partial charge is 0.481 e. The van der Waals surface area contributed by atoms with Crippen LogP contribution in [0, 0.1) is 5.92 Å². The molecular formula is C14H24O7. The molecule has 0 saturated heterocycles. The fourth-order valence-electron chi connectivity index (χ4n) is 2.14. The van der Waals surface area contributed by atoms with E-state index in [1.165, 1.54) is 0 Å². The molecule has 21 heavy (non-hydrogen) atoms. The first-order valence-electron chi connectivity index (χ1n) is 7.21. The van der Waals surface area contributed by atoms with E-state index in [-0.39, 0.29) is 6.42 Å². The van der Waals surface area contributed by atoms with Crippen LogP contribution in [0.2, 0.25) is 0 Å². The van der Waals surface area contributed by atoms with Crippen LogP contribution in [0.4, 0.5) is 4.79 Å². The minimum absolute atomic E-state index is 0.109. The maximum absolute atomic E-state index is 11.0. The fraction of sp³-hybridized carbons (Fsp3) is 0.786. The van der Waals surface area contributed by atoms with Crippen LogP contribution < -0.4 is 0 Å². The van der Waals surface area contributed by atoms with Crippen molar-refractivity contribution in [3.8, 4) is 0 Å². The van der Waals surface area contributed by atoms with Crippen LogP contribution in [-0.2, 0) is 14.3 Å². The highest BCUT2D eigenvalue weighted by Crippen LogP contribution is 2.19. The van der Waals surface area contributed by atoms with Crippen molar-refractivity contribution in [1.29, 1.82) is 0 Å². The molecule has 0 radical (unpaired) electrons. The van der Waals surface area contributed by atoms with Crippen LogP contribution in [0.25, 0.3) is 0 Å². The van der Waals surface area contributed by atoms with E-state index < -0.39 is 36.5 Å². The van der Waals surface area contributed by atoms with Crippen LogP contribution in [-0.4, -0.2) is 39.5 Å². The second kappa shape index (κ2) is 10.9. The molecule has 0 rings (SSSR count). The van der Waals surface area contributed by atoms with Crippen molar-refractivity contribution >= 4 is 18.1 Å². The molecule has 0 aliphatic carbocycles. The monoisotopic (exact) mass is 304 g/mol. The molecule has 0 aromatic heterocycles. The van der Waals surface area contributed by atoms with Crippen molar-refractivity contribution in [2.45, 2.75) is 64.4 Å². The predicted molar refractivity (Wildman–Crippen MR) is 74.3 cm³/mol. The van der Waals surface area contributed by atoms with Gasteiger partial charge in [-0.2, -0.15) is 0 Å². The van der Waals surface area contributed by atoms with Gasteiger partial charge in [-0.1, -0.05) is 32.6 Å². The summed E-state index contributed by atoms with van der Waals surface area (Å²) in [6, 6.07) is 0. The van der Waals surface area contributed by atoms with Crippen LogP contribution in [0.5, 0.6) is 0 Å². The van der Waals surface area contributed by atoms with Gasteiger partial charge >= 0.3 is 18.1 Å². The molecule has 2 atom stereocenters. The molecule has 0 aliphatic rings. The number of carboxylic acid groups (broad SMARTS) is 3. The Balaban J connectivity index is 4.39. The van der Waals surface area contributed by atoms with E-state index in [0.717, 1.165) is 32.1 Å². The molecule has 0 heterocycles. The Bertz CT molecular complexity index is 340. The Morgan fingerprint density at radius 1 is 1.00 bits per heavy atom. The molecule has 0 spiro atoms. The summed E-state index contributed by atoms with van der Waals surface area (Å²) in [5, 5.41) is 26.3. The minimum Gasteiger partial charge on any atom is -0.481 e. The van der Waals surface area contributed by atoms with Gasteiger partial charge in [-0.25, -0.2) is 4.79 Å². The van der Waals surface area contributed by atoms with E-state index in [4.69, 9.17) is 15.3 Å². The van der Waals surface area contributed by atoms with Gasteiger partial charge in [0.05, 0.1) is 12.3 Å². The molecule has 7 nitrogen and oxygen atoms in total. The van der Waals surface area contributed by atoms with Gasteiger partial charge in [-0.05, 0) is 19.3 Å². The summed E-state index contributed by atoms with van der Waals surface area (Å²) in [7, 11) is 0. The molecule has 0 fully saturated rings. The third-order valence-electron chi connectivity index (χ3n) is 3.21. The number of aliphatic carboxylic acids is 2. The van der Waals surface area contributed by atoms with Crippen molar-refractivity contribution in [3.63, 3.8) is 0 Å². The van der Waals surface area contributed by atoms with Crippen LogP contribution in [0.1, 0.15) is 58.3 Å². The number of carboxylic acids is 2. The summed E-state index contributed by atoms with van der Waals surface area (Å²) in [6.45, 7) is 2.08. The number of rotatable bonds is 12. The topological polar surface area (TPSA) is 121 Å². The summed E-state index contributed by atoms with van der Waals surface area (Å²) in [6.07, 6.45) is 2.41. The van der Waals surface area contributed by atoms with E-state index >= 15 is 0 Å². The number of hydrogen-bond acceptors (Lipinski definition) is 4. The normalized spacial score (nSPS) is 13.4. The van der Waals surface area contributed by atoms with Gasteiger partial charge in [0.2, 0.25) is 0 Å². The summed E-state index contributed by atoms with van der Waals surface area (Å²) in [5.74, 6) is -3.61. The third-order valence-corrected chi connectivity index (χ3v) is 3.21. The quantitative estimate of drug-likeness (QED) is 0.374. The Hall–Kier alpha value is -1.79. The molecule has 7 heteroatoms. The van der Waals surface area contributed by atoms with E-state index in [2.05, 4.69) is 11.7 Å². The van der Waals surface area contributed by atoms with E-state index in [1.54, 1.807) is 0 Å². The molecule has 2 unspecified atom stereocenters. The molecule has 0 amide bonds. The van der Waals surface area contributed by atoms with Gasteiger partial charge in [0.25, 0.3) is 0 Å². The summed E-state index contributed by atoms with van der Waals surface area (Å²) in [5.41, 5.74) is 0. The molecule has 0 aromatic rings. The van der Waals surface area contributed by atoms with Crippen LogP contribution >= 0.6 is 0 Å². The minimum atomic E-state index is -1.46. The van der Waals surface area contributed by atoms with Gasteiger partial charge < -0.3 is 20.1 Å². The van der Waals surface area contributed by atoms with Crippen molar-refractivity contribution in [1.82, 2.24) is 0 Å². The van der Waals surface area contributed by atoms with Gasteiger partial charge in [0.15, 0.2) is 0 Å². The standard InChI is InChI=1S/C14H24O7/c1-2-3-4-5-6-7-11(21-14(19)20)8-10(13(17)18)9-12(15)16/h10-11H,2-9H2,1H3,(H,15,16)(H,17,18)(H,19,20). The average Bonchev–Trinajstić information content (AvgIpc) is 2.36. The fourth-order valence-corrected chi connectivity index (χ4v) is 2.14. The number of unbranched alkanes of at least 4 members (excludes halogenated alkanes) is 4. The highest BCUT2D eigenvalue weighted by Gasteiger charge is 2.27. The zero-order chi connectivity index (χ0) is 16.3. The maximum atomic E-state index is 11.0. The number of hydrogen-bond donors (Lipinski definition) is 3. The van der Waals surface area contributed by atoms with Crippen LogP contribution in [0.3, 0.4) is 0 Å². The largest absolute Gasteiger partial charge is 0.506 e. The van der Waals surface area contributed by atoms with Crippen molar-refractivity contribution in [2.75, 3.05) is 0 Å². The molecule has 0 saturated carbocycles. The first-order chi connectivity index (χ1) is 9.86. The summed E-state index contributed by atoms with van der Waals surface area (Å²) in [4.78, 5) is 32.3. The van der Waals surface area contributed by atoms with Crippen molar-refractivity contribution < 1.29 is 34.4 Å². The van der Waals surface area contributed by atoms with Gasteiger partial charge in [-0.3, -0.25) is 9.59 Å². The molecule has 122 valence electrons. The maximum Gasteiger partial charge on any atom is 0.506 e. The van der Waals surface area contributed by atoms with Gasteiger partial charge in [0.1, 0.15) is 6.10 Å². The lowest BCUT2D eigenvalue weighted by molar-refractivity contribution is -0.149. The lowest BCUT2D eigenvalue weighted by Gasteiger charge is -2.19. The Morgan fingerprint density at radius 2 is 1.62 bits per heavy atom. The third kappa shape index (κ3) is 10.6. The lowest BCUT2D eigenvalue weighted by atomic mass is 9.95. The second-order valence-electron chi connectivity index (χ2n) is 5.08.